The maximum atomic E-state index is 5.42. The van der Waals surface area contributed by atoms with Gasteiger partial charge < -0.3 is 10.5 Å². The molecule has 1 heterocycles. The standard InChI is InChI=1S/C10H16BrN3O/c1-15-7-6-14-10(4-2-3-5-12)9(11)8-13-14/h2,4,8H,3,5-7,12H2,1H3/b4-2+. The van der Waals surface area contributed by atoms with Gasteiger partial charge in [0.05, 0.1) is 29.5 Å². The van der Waals surface area contributed by atoms with E-state index in [2.05, 4.69) is 21.0 Å². The van der Waals surface area contributed by atoms with Crippen LogP contribution in [0, 0.1) is 0 Å². The Kier molecular flexibility index (Phi) is 5.60. The topological polar surface area (TPSA) is 53.1 Å². The number of halogens is 1. The predicted octanol–water partition coefficient (Wildman–Crippen LogP) is 1.65. The van der Waals surface area contributed by atoms with Gasteiger partial charge in [-0.25, -0.2) is 0 Å². The molecule has 0 saturated carbocycles. The summed E-state index contributed by atoms with van der Waals surface area (Å²) in [5, 5.41) is 4.24. The van der Waals surface area contributed by atoms with Crippen molar-refractivity contribution in [3.63, 3.8) is 0 Å². The Bertz CT molecular complexity index is 322. The highest BCUT2D eigenvalue weighted by atomic mass is 79.9. The lowest BCUT2D eigenvalue weighted by Gasteiger charge is -2.03. The first-order valence-electron chi connectivity index (χ1n) is 4.86. The first-order valence-corrected chi connectivity index (χ1v) is 5.65. The Morgan fingerprint density at radius 2 is 2.47 bits per heavy atom. The van der Waals surface area contributed by atoms with Gasteiger partial charge in [-0.05, 0) is 35.0 Å². The summed E-state index contributed by atoms with van der Waals surface area (Å²) in [5.41, 5.74) is 6.47. The second-order valence-electron chi connectivity index (χ2n) is 3.07. The van der Waals surface area contributed by atoms with Gasteiger partial charge in [-0.15, -0.1) is 0 Å². The third-order valence-corrected chi connectivity index (χ3v) is 2.56. The van der Waals surface area contributed by atoms with Crippen LogP contribution in [0.15, 0.2) is 16.7 Å². The molecule has 0 spiro atoms. The number of hydrogen-bond donors (Lipinski definition) is 1. The molecule has 4 nitrogen and oxygen atoms in total. The monoisotopic (exact) mass is 273 g/mol. The van der Waals surface area contributed by atoms with Gasteiger partial charge in [0.15, 0.2) is 0 Å². The van der Waals surface area contributed by atoms with Gasteiger partial charge in [0.2, 0.25) is 0 Å². The van der Waals surface area contributed by atoms with Crippen LogP contribution in [0.5, 0.6) is 0 Å². The summed E-state index contributed by atoms with van der Waals surface area (Å²) in [6, 6.07) is 0. The molecule has 0 saturated heterocycles. The van der Waals surface area contributed by atoms with E-state index < -0.39 is 0 Å². The van der Waals surface area contributed by atoms with Crippen molar-refractivity contribution in [2.24, 2.45) is 5.73 Å². The van der Waals surface area contributed by atoms with Gasteiger partial charge in [0.25, 0.3) is 0 Å². The van der Waals surface area contributed by atoms with E-state index in [9.17, 15) is 0 Å². The molecule has 1 aromatic heterocycles. The van der Waals surface area contributed by atoms with Crippen molar-refractivity contribution in [3.05, 3.63) is 22.4 Å². The van der Waals surface area contributed by atoms with Crippen LogP contribution in [0.2, 0.25) is 0 Å². The second-order valence-corrected chi connectivity index (χ2v) is 3.93. The van der Waals surface area contributed by atoms with Crippen molar-refractivity contribution in [2.45, 2.75) is 13.0 Å². The van der Waals surface area contributed by atoms with Crippen molar-refractivity contribution in [3.8, 4) is 0 Å². The third kappa shape index (κ3) is 3.77. The number of hydrogen-bond acceptors (Lipinski definition) is 3. The average molecular weight is 274 g/mol. The molecule has 0 unspecified atom stereocenters. The molecule has 1 aromatic rings. The van der Waals surface area contributed by atoms with Crippen LogP contribution in [0.25, 0.3) is 6.08 Å². The first-order chi connectivity index (χ1) is 7.29. The van der Waals surface area contributed by atoms with E-state index in [1.807, 2.05) is 16.8 Å². The number of rotatable bonds is 6. The van der Waals surface area contributed by atoms with Crippen molar-refractivity contribution < 1.29 is 4.74 Å². The quantitative estimate of drug-likeness (QED) is 0.858. The first kappa shape index (κ1) is 12.4. The Hall–Kier alpha value is -0.650. The zero-order valence-corrected chi connectivity index (χ0v) is 10.4. The molecule has 0 radical (unpaired) electrons. The molecule has 0 amide bonds. The van der Waals surface area contributed by atoms with Crippen LogP contribution in [0.3, 0.4) is 0 Å². The molecule has 0 fully saturated rings. The summed E-state index contributed by atoms with van der Waals surface area (Å²) in [5.74, 6) is 0. The van der Waals surface area contributed by atoms with E-state index in [4.69, 9.17) is 10.5 Å². The maximum absolute atomic E-state index is 5.42. The van der Waals surface area contributed by atoms with Crippen molar-refractivity contribution in [1.29, 1.82) is 0 Å². The smallest absolute Gasteiger partial charge is 0.0750 e. The van der Waals surface area contributed by atoms with E-state index >= 15 is 0 Å². The lowest BCUT2D eigenvalue weighted by Crippen LogP contribution is -2.07. The van der Waals surface area contributed by atoms with Crippen LogP contribution in [0.1, 0.15) is 12.1 Å². The van der Waals surface area contributed by atoms with Crippen LogP contribution in [-0.4, -0.2) is 30.0 Å². The van der Waals surface area contributed by atoms with E-state index in [1.165, 1.54) is 0 Å². The van der Waals surface area contributed by atoms with Gasteiger partial charge in [0, 0.05) is 7.11 Å². The molecule has 0 bridgehead atoms. The van der Waals surface area contributed by atoms with Crippen LogP contribution in [-0.2, 0) is 11.3 Å². The molecule has 0 aliphatic carbocycles. The van der Waals surface area contributed by atoms with E-state index in [-0.39, 0.29) is 0 Å². The summed E-state index contributed by atoms with van der Waals surface area (Å²) >= 11 is 3.45. The summed E-state index contributed by atoms with van der Waals surface area (Å²) in [6.07, 6.45) is 6.74. The van der Waals surface area contributed by atoms with Crippen LogP contribution >= 0.6 is 15.9 Å². The Morgan fingerprint density at radius 3 is 3.13 bits per heavy atom. The highest BCUT2D eigenvalue weighted by molar-refractivity contribution is 9.10. The predicted molar refractivity (Wildman–Crippen MR) is 64.5 cm³/mol. The minimum absolute atomic E-state index is 0.659. The molecule has 84 valence electrons. The maximum Gasteiger partial charge on any atom is 0.0750 e. The van der Waals surface area contributed by atoms with Crippen LogP contribution in [0.4, 0.5) is 0 Å². The second kappa shape index (κ2) is 6.76. The third-order valence-electron chi connectivity index (χ3n) is 1.95. The van der Waals surface area contributed by atoms with Gasteiger partial charge in [-0.3, -0.25) is 4.68 Å². The Labute approximate surface area is 98.2 Å². The molecule has 0 atom stereocenters. The Balaban J connectivity index is 2.70. The molecule has 2 N–H and O–H groups in total. The summed E-state index contributed by atoms with van der Waals surface area (Å²) in [6.45, 7) is 2.08. The molecule has 0 aliphatic rings. The molecule has 15 heavy (non-hydrogen) atoms. The molecular weight excluding hydrogens is 258 g/mol. The minimum atomic E-state index is 0.659. The minimum Gasteiger partial charge on any atom is -0.383 e. The largest absolute Gasteiger partial charge is 0.383 e. The number of ether oxygens (including phenoxy) is 1. The summed E-state index contributed by atoms with van der Waals surface area (Å²) in [4.78, 5) is 0. The molecule has 0 aromatic carbocycles. The number of nitrogens with zero attached hydrogens (tertiary/aromatic N) is 2. The number of aromatic nitrogens is 2. The van der Waals surface area contributed by atoms with E-state index in [1.54, 1.807) is 13.3 Å². The molecule has 1 rings (SSSR count). The lowest BCUT2D eigenvalue weighted by atomic mass is 10.3. The SMILES string of the molecule is COCCn1ncc(Br)c1/C=C/CCN. The zero-order valence-electron chi connectivity index (χ0n) is 8.82. The normalized spacial score (nSPS) is 11.4. The van der Waals surface area contributed by atoms with E-state index in [0.29, 0.717) is 13.2 Å². The number of nitrogens with two attached hydrogens (primary N) is 1. The fourth-order valence-corrected chi connectivity index (χ4v) is 1.61. The molecule has 0 aliphatic heterocycles. The average Bonchev–Trinajstić information content (AvgIpc) is 2.58. The molecular formula is C10H16BrN3O. The lowest BCUT2D eigenvalue weighted by molar-refractivity contribution is 0.183. The highest BCUT2D eigenvalue weighted by Gasteiger charge is 2.04. The van der Waals surface area contributed by atoms with Gasteiger partial charge in [-0.1, -0.05) is 6.08 Å². The number of methoxy groups -OCH3 is 1. The van der Waals surface area contributed by atoms with Crippen LogP contribution < -0.4 is 5.73 Å². The highest BCUT2D eigenvalue weighted by Crippen LogP contribution is 2.17. The fourth-order valence-electron chi connectivity index (χ4n) is 1.18. The Morgan fingerprint density at radius 1 is 1.67 bits per heavy atom. The van der Waals surface area contributed by atoms with Crippen molar-refractivity contribution in [1.82, 2.24) is 9.78 Å². The molecule has 5 heteroatoms. The summed E-state index contributed by atoms with van der Waals surface area (Å²) in [7, 11) is 1.68. The summed E-state index contributed by atoms with van der Waals surface area (Å²) < 4.78 is 7.91. The van der Waals surface area contributed by atoms with Gasteiger partial charge in [0.1, 0.15) is 0 Å². The fraction of sp³-hybridized carbons (Fsp3) is 0.500. The van der Waals surface area contributed by atoms with Crippen molar-refractivity contribution >= 4 is 22.0 Å². The van der Waals surface area contributed by atoms with Gasteiger partial charge in [-0.2, -0.15) is 5.10 Å². The van der Waals surface area contributed by atoms with Crippen molar-refractivity contribution in [2.75, 3.05) is 20.3 Å². The zero-order chi connectivity index (χ0) is 11.1. The van der Waals surface area contributed by atoms with Gasteiger partial charge >= 0.3 is 0 Å². The van der Waals surface area contributed by atoms with E-state index in [0.717, 1.165) is 23.1 Å².